The van der Waals surface area contributed by atoms with E-state index in [2.05, 4.69) is 44.5 Å². The van der Waals surface area contributed by atoms with Gasteiger partial charge in [-0.25, -0.2) is 0 Å². The van der Waals surface area contributed by atoms with Crippen LogP contribution in [0.2, 0.25) is 0 Å². The number of hydrogen-bond donors (Lipinski definition) is 1. The van der Waals surface area contributed by atoms with E-state index in [0.29, 0.717) is 0 Å². The molecule has 6 heteroatoms. The molecule has 5 rings (SSSR count). The van der Waals surface area contributed by atoms with E-state index < -0.39 is 0 Å². The van der Waals surface area contributed by atoms with Gasteiger partial charge in [0, 0.05) is 0 Å². The summed E-state index contributed by atoms with van der Waals surface area (Å²) in [6.45, 7) is 4.04. The molecule has 0 aliphatic carbocycles. The van der Waals surface area contributed by atoms with Gasteiger partial charge in [0.15, 0.2) is 0 Å². The molecule has 0 saturated carbocycles. The number of fused-ring (bicyclic) bond motifs is 4. The number of piperazine rings is 1. The quantitative estimate of drug-likeness (QED) is 0.520. The standard InChI is InChI=1S/C17H15N5Se/c1-2-4-13-11(3-1)9-12-14-15(23-17(12)21-13)16(20-10-19-14)22-7-5-18-6-8-22/h1-4,9-10,18H,5-8H2. The van der Waals surface area contributed by atoms with E-state index in [1.54, 1.807) is 6.33 Å². The average Bonchev–Trinajstić information content (AvgIpc) is 2.98. The van der Waals surface area contributed by atoms with Crippen molar-refractivity contribution in [3.8, 4) is 0 Å². The van der Waals surface area contributed by atoms with E-state index in [0.717, 1.165) is 43.0 Å². The Balaban J connectivity index is 1.79. The number of rotatable bonds is 1. The van der Waals surface area contributed by atoms with Gasteiger partial charge >= 0.3 is 139 Å². The summed E-state index contributed by atoms with van der Waals surface area (Å²) in [6.07, 6.45) is 1.70. The molecule has 1 fully saturated rings. The Morgan fingerprint density at radius 1 is 1.09 bits per heavy atom. The van der Waals surface area contributed by atoms with Gasteiger partial charge in [0.05, 0.1) is 0 Å². The molecule has 1 aliphatic heterocycles. The normalized spacial score (nSPS) is 15.7. The van der Waals surface area contributed by atoms with Gasteiger partial charge in [-0.1, -0.05) is 0 Å². The number of aromatic nitrogens is 3. The molecule has 4 heterocycles. The molecule has 0 atom stereocenters. The molecule has 0 radical (unpaired) electrons. The van der Waals surface area contributed by atoms with E-state index in [9.17, 15) is 0 Å². The van der Waals surface area contributed by atoms with Crippen LogP contribution >= 0.6 is 0 Å². The summed E-state index contributed by atoms with van der Waals surface area (Å²) in [7, 11) is 0. The summed E-state index contributed by atoms with van der Waals surface area (Å²) in [5.41, 5.74) is 2.15. The zero-order valence-electron chi connectivity index (χ0n) is 12.5. The van der Waals surface area contributed by atoms with Crippen LogP contribution in [0.3, 0.4) is 0 Å². The van der Waals surface area contributed by atoms with Crippen molar-refractivity contribution >= 4 is 50.8 Å². The van der Waals surface area contributed by atoms with E-state index >= 15 is 0 Å². The van der Waals surface area contributed by atoms with Crippen molar-refractivity contribution in [2.75, 3.05) is 31.1 Å². The maximum absolute atomic E-state index is 4.89. The van der Waals surface area contributed by atoms with Gasteiger partial charge in [-0.2, -0.15) is 0 Å². The Hall–Kier alpha value is -2.01. The number of anilines is 1. The summed E-state index contributed by atoms with van der Waals surface area (Å²) < 4.78 is 2.47. The van der Waals surface area contributed by atoms with Gasteiger partial charge in [-0.3, -0.25) is 0 Å². The van der Waals surface area contributed by atoms with Crippen molar-refractivity contribution in [3.05, 3.63) is 36.7 Å². The van der Waals surface area contributed by atoms with Gasteiger partial charge in [0.1, 0.15) is 0 Å². The van der Waals surface area contributed by atoms with Gasteiger partial charge in [0.25, 0.3) is 0 Å². The van der Waals surface area contributed by atoms with Crippen LogP contribution in [0.15, 0.2) is 36.7 Å². The Labute approximate surface area is 139 Å². The SMILES string of the molecule is c1ccc2nc3[se]c4c(N5CCNCC5)ncnc4c3cc2c1. The van der Waals surface area contributed by atoms with Crippen molar-refractivity contribution < 1.29 is 0 Å². The summed E-state index contributed by atoms with van der Waals surface area (Å²) >= 11 is 0.177. The van der Waals surface area contributed by atoms with Crippen LogP contribution in [0.5, 0.6) is 0 Å². The van der Waals surface area contributed by atoms with Crippen LogP contribution in [-0.2, 0) is 0 Å². The fourth-order valence-electron chi connectivity index (χ4n) is 3.19. The first-order chi connectivity index (χ1) is 11.4. The number of benzene rings is 1. The third kappa shape index (κ3) is 2.14. The molecular weight excluding hydrogens is 353 g/mol. The third-order valence-corrected chi connectivity index (χ3v) is 6.62. The molecule has 114 valence electrons. The Kier molecular flexibility index (Phi) is 3.08. The van der Waals surface area contributed by atoms with E-state index in [-0.39, 0.29) is 14.5 Å². The van der Waals surface area contributed by atoms with Crippen molar-refractivity contribution in [1.29, 1.82) is 0 Å². The number of nitrogens with zero attached hydrogens (tertiary/aromatic N) is 4. The molecule has 0 spiro atoms. The fraction of sp³-hybridized carbons (Fsp3) is 0.235. The predicted octanol–water partition coefficient (Wildman–Crippen LogP) is 1.80. The van der Waals surface area contributed by atoms with Crippen molar-refractivity contribution in [2.45, 2.75) is 0 Å². The molecule has 1 aromatic carbocycles. The molecule has 0 bridgehead atoms. The summed E-state index contributed by atoms with van der Waals surface area (Å²) in [4.78, 5) is 16.5. The first-order valence-corrected chi connectivity index (χ1v) is 9.50. The second-order valence-corrected chi connectivity index (χ2v) is 7.84. The van der Waals surface area contributed by atoms with Crippen molar-refractivity contribution in [2.24, 2.45) is 0 Å². The molecule has 0 amide bonds. The van der Waals surface area contributed by atoms with Crippen LogP contribution in [-0.4, -0.2) is 55.6 Å². The summed E-state index contributed by atoms with van der Waals surface area (Å²) in [5, 5.41) is 5.77. The zero-order valence-corrected chi connectivity index (χ0v) is 14.2. The van der Waals surface area contributed by atoms with Crippen LogP contribution in [0.1, 0.15) is 0 Å². The molecular formula is C17H15N5Se. The zero-order chi connectivity index (χ0) is 15.2. The van der Waals surface area contributed by atoms with Crippen LogP contribution in [0.4, 0.5) is 5.82 Å². The molecule has 0 unspecified atom stereocenters. The van der Waals surface area contributed by atoms with E-state index in [1.165, 1.54) is 19.4 Å². The van der Waals surface area contributed by atoms with Gasteiger partial charge in [-0.05, 0) is 0 Å². The number of hydrogen-bond acceptors (Lipinski definition) is 5. The van der Waals surface area contributed by atoms with Crippen LogP contribution < -0.4 is 10.2 Å². The van der Waals surface area contributed by atoms with Crippen LogP contribution in [0.25, 0.3) is 30.5 Å². The fourth-order valence-corrected chi connectivity index (χ4v) is 5.58. The minimum atomic E-state index is 0.177. The molecule has 3 aromatic heterocycles. The predicted molar refractivity (Wildman–Crippen MR) is 94.4 cm³/mol. The van der Waals surface area contributed by atoms with Gasteiger partial charge < -0.3 is 0 Å². The second kappa shape index (κ2) is 5.27. The average molecular weight is 368 g/mol. The van der Waals surface area contributed by atoms with Crippen LogP contribution in [0, 0.1) is 0 Å². The number of pyridine rings is 1. The van der Waals surface area contributed by atoms with E-state index in [4.69, 9.17) is 4.98 Å². The molecule has 5 nitrogen and oxygen atoms in total. The molecule has 1 aliphatic rings. The molecule has 1 saturated heterocycles. The summed E-state index contributed by atoms with van der Waals surface area (Å²) in [5.74, 6) is 1.11. The topological polar surface area (TPSA) is 53.9 Å². The van der Waals surface area contributed by atoms with E-state index in [1.807, 2.05) is 6.07 Å². The second-order valence-electron chi connectivity index (χ2n) is 5.75. The first kappa shape index (κ1) is 13.4. The third-order valence-electron chi connectivity index (χ3n) is 4.34. The van der Waals surface area contributed by atoms with Gasteiger partial charge in [-0.15, -0.1) is 0 Å². The summed E-state index contributed by atoms with van der Waals surface area (Å²) in [6, 6.07) is 10.5. The number of para-hydroxylation sites is 1. The molecule has 23 heavy (non-hydrogen) atoms. The number of nitrogens with one attached hydrogen (secondary N) is 1. The molecule has 1 N–H and O–H groups in total. The maximum atomic E-state index is 4.89. The Morgan fingerprint density at radius 2 is 1.96 bits per heavy atom. The minimum absolute atomic E-state index is 0.177. The molecule has 4 aromatic rings. The first-order valence-electron chi connectivity index (χ1n) is 7.79. The monoisotopic (exact) mass is 369 g/mol. The Morgan fingerprint density at radius 3 is 2.87 bits per heavy atom. The van der Waals surface area contributed by atoms with Crippen molar-refractivity contribution in [1.82, 2.24) is 20.3 Å². The van der Waals surface area contributed by atoms with Gasteiger partial charge in [0.2, 0.25) is 0 Å². The Bertz CT molecular complexity index is 1020. The van der Waals surface area contributed by atoms with Crippen molar-refractivity contribution in [3.63, 3.8) is 0 Å².